The van der Waals surface area contributed by atoms with Crippen molar-refractivity contribution < 1.29 is 66.7 Å². The largest absolute Gasteiger partial charge is 0.472 e. The van der Waals surface area contributed by atoms with Crippen LogP contribution in [0.2, 0.25) is 0 Å². The minimum atomic E-state index is -4.88. The van der Waals surface area contributed by atoms with E-state index < -0.39 is 72.3 Å². The van der Waals surface area contributed by atoms with Gasteiger partial charge in [-0.2, -0.15) is 0 Å². The third-order valence-electron chi connectivity index (χ3n) is 8.52. The van der Waals surface area contributed by atoms with Crippen molar-refractivity contribution in [3.8, 4) is 0 Å². The summed E-state index contributed by atoms with van der Waals surface area (Å²) in [6, 6.07) is 0. The Morgan fingerprint density at radius 3 is 1.65 bits per heavy atom. The van der Waals surface area contributed by atoms with Crippen LogP contribution in [-0.2, 0) is 41.8 Å². The van der Waals surface area contributed by atoms with Crippen molar-refractivity contribution in [1.82, 2.24) is 0 Å². The van der Waals surface area contributed by atoms with Crippen LogP contribution in [-0.4, -0.2) is 81.6 Å². The average Bonchev–Trinajstić information content (AvgIpc) is 3.23. The van der Waals surface area contributed by atoms with Crippen LogP contribution in [0.4, 0.5) is 0 Å². The van der Waals surface area contributed by atoms with Crippen LogP contribution >= 0.6 is 15.6 Å². The molecule has 62 heavy (non-hydrogen) atoms. The number of ether oxygens (including phenoxy) is 2. The predicted octanol–water partition coefficient (Wildman–Crippen LogP) is 10.3. The molecule has 0 aromatic carbocycles. The first kappa shape index (κ1) is 59.0. The van der Waals surface area contributed by atoms with Crippen molar-refractivity contribution in [1.29, 1.82) is 0 Å². The molecule has 0 aromatic heterocycles. The SMILES string of the molecule is CC/C=C\C(O)C/C=C/C=C\C/C=C\C/C=C\CCCC(=O)OC[C@H](COP(=O)(O)OC[C@@H](O)COP(=O)(O)O)OC(=O)CCC/C=C\C/C=C\C/C=C\CCCCCCCC. The molecule has 0 bridgehead atoms. The molecule has 0 aliphatic heterocycles. The number of aliphatic hydroxyl groups is 2. The van der Waals surface area contributed by atoms with Gasteiger partial charge in [-0.15, -0.1) is 0 Å². The van der Waals surface area contributed by atoms with Gasteiger partial charge in [-0.05, 0) is 77.0 Å². The van der Waals surface area contributed by atoms with Gasteiger partial charge in [0.2, 0.25) is 0 Å². The number of rotatable bonds is 40. The summed E-state index contributed by atoms with van der Waals surface area (Å²) in [4.78, 5) is 52.7. The smallest absolute Gasteiger partial charge is 0.462 e. The molecule has 0 amide bonds. The summed E-state index contributed by atoms with van der Waals surface area (Å²) in [6.45, 7) is 1.37. The lowest BCUT2D eigenvalue weighted by Crippen LogP contribution is -2.29. The molecule has 0 heterocycles. The van der Waals surface area contributed by atoms with E-state index in [1.807, 2.05) is 73.8 Å². The highest BCUT2D eigenvalue weighted by Crippen LogP contribution is 2.43. The molecule has 0 fully saturated rings. The van der Waals surface area contributed by atoms with E-state index in [0.29, 0.717) is 32.1 Å². The molecule has 0 saturated carbocycles. The fourth-order valence-electron chi connectivity index (χ4n) is 5.18. The summed E-state index contributed by atoms with van der Waals surface area (Å²) in [5.41, 5.74) is 0. The van der Waals surface area contributed by atoms with E-state index in [1.54, 1.807) is 6.08 Å². The lowest BCUT2D eigenvalue weighted by atomic mass is 10.1. The van der Waals surface area contributed by atoms with E-state index in [9.17, 15) is 33.8 Å². The minimum absolute atomic E-state index is 0.0336. The molecule has 0 aromatic rings. The van der Waals surface area contributed by atoms with Crippen LogP contribution in [0, 0.1) is 0 Å². The van der Waals surface area contributed by atoms with Crippen LogP contribution < -0.4 is 0 Å². The van der Waals surface area contributed by atoms with Gasteiger partial charge in [0, 0.05) is 12.8 Å². The second-order valence-electron chi connectivity index (χ2n) is 14.4. The zero-order chi connectivity index (χ0) is 46.0. The van der Waals surface area contributed by atoms with Crippen LogP contribution in [0.15, 0.2) is 97.2 Å². The minimum Gasteiger partial charge on any atom is -0.462 e. The summed E-state index contributed by atoms with van der Waals surface area (Å²) in [6.07, 6.45) is 44.7. The second-order valence-corrected chi connectivity index (χ2v) is 17.1. The topological polar surface area (TPSA) is 216 Å². The Morgan fingerprint density at radius 1 is 0.548 bits per heavy atom. The Morgan fingerprint density at radius 2 is 1.05 bits per heavy atom. The molecule has 0 saturated heterocycles. The maximum Gasteiger partial charge on any atom is 0.472 e. The third kappa shape index (κ3) is 43.6. The number of carbonyl (C=O) groups is 2. The standard InChI is InChI=1S/C46H76O14P2/c1-3-5-7-8-9-10-11-12-13-14-15-16-21-24-27-30-33-37-46(50)60-44(41-59-62(54,55)58-39-43(48)38-57-61(51,52)53)40-56-45(49)36-32-29-26-23-20-18-17-19-22-25-28-31-35-42(47)34-6-4-2/h6,12-13,15-18,22-28,31,34,42-44,47-48H,3-5,7-11,14,19-21,29-30,32-33,35-41H2,1-2H3,(H,54,55)(H2,51,52,53)/b13-12-,16-15-,18-17-,25-22-,26-23-,27-24-,31-28+,34-6-/t42?,43-,44+/m0/s1. The fourth-order valence-corrected chi connectivity index (χ4v) is 6.34. The summed E-state index contributed by atoms with van der Waals surface area (Å²) in [5.74, 6) is -1.19. The van der Waals surface area contributed by atoms with Crippen molar-refractivity contribution in [3.63, 3.8) is 0 Å². The molecule has 4 atom stereocenters. The predicted molar refractivity (Wildman–Crippen MR) is 245 cm³/mol. The van der Waals surface area contributed by atoms with Crippen molar-refractivity contribution in [3.05, 3.63) is 97.2 Å². The van der Waals surface area contributed by atoms with Gasteiger partial charge in [0.15, 0.2) is 6.10 Å². The van der Waals surface area contributed by atoms with Crippen LogP contribution in [0.5, 0.6) is 0 Å². The number of carbonyl (C=O) groups excluding carboxylic acids is 2. The van der Waals surface area contributed by atoms with Crippen molar-refractivity contribution in [2.24, 2.45) is 0 Å². The average molecular weight is 915 g/mol. The van der Waals surface area contributed by atoms with Gasteiger partial charge in [-0.3, -0.25) is 23.2 Å². The maximum absolute atomic E-state index is 12.6. The number of phosphoric ester groups is 2. The number of hydrogen-bond acceptors (Lipinski definition) is 11. The molecule has 354 valence electrons. The zero-order valence-electron chi connectivity index (χ0n) is 37.0. The molecular formula is C46H76O14P2. The Bertz CT molecular complexity index is 1480. The zero-order valence-corrected chi connectivity index (χ0v) is 38.8. The number of aliphatic hydroxyl groups excluding tert-OH is 2. The van der Waals surface area contributed by atoms with Gasteiger partial charge in [0.1, 0.15) is 12.7 Å². The molecule has 14 nitrogen and oxygen atoms in total. The van der Waals surface area contributed by atoms with Crippen LogP contribution in [0.1, 0.15) is 136 Å². The lowest BCUT2D eigenvalue weighted by Gasteiger charge is -2.20. The first-order chi connectivity index (χ1) is 29.8. The number of phosphoric acid groups is 2. The Labute approximate surface area is 371 Å². The van der Waals surface area contributed by atoms with Gasteiger partial charge < -0.3 is 34.4 Å². The molecule has 0 radical (unpaired) electrons. The van der Waals surface area contributed by atoms with Crippen LogP contribution in [0.25, 0.3) is 0 Å². The van der Waals surface area contributed by atoms with Gasteiger partial charge in [0.05, 0.1) is 25.9 Å². The van der Waals surface area contributed by atoms with E-state index in [1.165, 1.54) is 38.5 Å². The third-order valence-corrected chi connectivity index (χ3v) is 9.96. The summed E-state index contributed by atoms with van der Waals surface area (Å²) >= 11 is 0. The van der Waals surface area contributed by atoms with E-state index >= 15 is 0 Å². The molecule has 0 aliphatic carbocycles. The van der Waals surface area contributed by atoms with Crippen LogP contribution in [0.3, 0.4) is 0 Å². The number of unbranched alkanes of at least 4 members (excludes halogenated alkanes) is 8. The Balaban J connectivity index is 4.73. The first-order valence-electron chi connectivity index (χ1n) is 22.0. The molecule has 0 rings (SSSR count). The molecule has 5 N–H and O–H groups in total. The molecule has 16 heteroatoms. The number of hydrogen-bond donors (Lipinski definition) is 5. The van der Waals surface area contributed by atoms with Gasteiger partial charge >= 0.3 is 27.6 Å². The molecular weight excluding hydrogens is 838 g/mol. The monoisotopic (exact) mass is 914 g/mol. The maximum atomic E-state index is 12.6. The quantitative estimate of drug-likeness (QED) is 0.0127. The van der Waals surface area contributed by atoms with Crippen molar-refractivity contribution in [2.45, 2.75) is 154 Å². The molecule has 0 spiro atoms. The van der Waals surface area contributed by atoms with Crippen molar-refractivity contribution in [2.75, 3.05) is 26.4 Å². The summed E-state index contributed by atoms with van der Waals surface area (Å²) < 4.78 is 47.6. The molecule has 0 aliphatic rings. The molecule has 2 unspecified atom stereocenters. The summed E-state index contributed by atoms with van der Waals surface area (Å²) in [7, 11) is -9.73. The second kappa shape index (κ2) is 40.8. The van der Waals surface area contributed by atoms with Crippen molar-refractivity contribution >= 4 is 27.6 Å². The summed E-state index contributed by atoms with van der Waals surface area (Å²) in [5, 5.41) is 19.5. The van der Waals surface area contributed by atoms with Gasteiger partial charge in [-0.1, -0.05) is 143 Å². The highest BCUT2D eigenvalue weighted by molar-refractivity contribution is 7.47. The van der Waals surface area contributed by atoms with E-state index in [4.69, 9.17) is 23.8 Å². The fraction of sp³-hybridized carbons (Fsp3) is 0.609. The van der Waals surface area contributed by atoms with Gasteiger partial charge in [0.25, 0.3) is 0 Å². The first-order valence-corrected chi connectivity index (χ1v) is 25.1. The van der Waals surface area contributed by atoms with E-state index in [2.05, 4.69) is 40.3 Å². The lowest BCUT2D eigenvalue weighted by molar-refractivity contribution is -0.161. The highest BCUT2D eigenvalue weighted by atomic mass is 31.2. The Hall–Kier alpha value is -3.00. The van der Waals surface area contributed by atoms with Gasteiger partial charge in [-0.25, -0.2) is 9.13 Å². The normalized spacial score (nSPS) is 15.4. The number of esters is 2. The highest BCUT2D eigenvalue weighted by Gasteiger charge is 2.28. The number of allylic oxidation sites excluding steroid dienone is 14. The van der Waals surface area contributed by atoms with E-state index in [0.717, 1.165) is 38.5 Å². The Kier molecular flexibility index (Phi) is 38.8. The van der Waals surface area contributed by atoms with E-state index in [-0.39, 0.29) is 12.8 Å².